The van der Waals surface area contributed by atoms with Crippen LogP contribution in [0.25, 0.3) is 0 Å². The van der Waals surface area contributed by atoms with Gasteiger partial charge in [0.15, 0.2) is 0 Å². The molecule has 0 spiro atoms. The topological polar surface area (TPSA) is 78.7 Å². The third-order valence-electron chi connectivity index (χ3n) is 3.83. The highest BCUT2D eigenvalue weighted by Crippen LogP contribution is 2.39. The molecule has 0 aliphatic heterocycles. The lowest BCUT2D eigenvalue weighted by Gasteiger charge is -2.13. The third kappa shape index (κ3) is 3.74. The summed E-state index contributed by atoms with van der Waals surface area (Å²) in [5.41, 5.74) is 1.91. The highest BCUT2D eigenvalue weighted by molar-refractivity contribution is 8.00. The van der Waals surface area contributed by atoms with Gasteiger partial charge in [-0.05, 0) is 38.8 Å². The van der Waals surface area contributed by atoms with Crippen LogP contribution < -0.4 is 5.32 Å². The third-order valence-corrected chi connectivity index (χ3v) is 4.91. The lowest BCUT2D eigenvalue weighted by Crippen LogP contribution is -2.22. The first kappa shape index (κ1) is 16.5. The van der Waals surface area contributed by atoms with Crippen LogP contribution in [0.15, 0.2) is 35.4 Å². The molecule has 0 bridgehead atoms. The van der Waals surface area contributed by atoms with Crippen LogP contribution in [-0.2, 0) is 4.79 Å². The van der Waals surface area contributed by atoms with E-state index in [0.29, 0.717) is 22.2 Å². The van der Waals surface area contributed by atoms with Gasteiger partial charge in [0.1, 0.15) is 22.5 Å². The zero-order valence-electron chi connectivity index (χ0n) is 13.6. The first-order valence-corrected chi connectivity index (χ1v) is 8.77. The van der Waals surface area contributed by atoms with E-state index in [2.05, 4.69) is 21.4 Å². The van der Waals surface area contributed by atoms with Crippen LogP contribution in [0, 0.1) is 18.3 Å². The highest BCUT2D eigenvalue weighted by atomic mass is 32.2. The zero-order valence-corrected chi connectivity index (χ0v) is 14.4. The van der Waals surface area contributed by atoms with Crippen molar-refractivity contribution in [1.29, 1.82) is 5.26 Å². The minimum atomic E-state index is -0.362. The lowest BCUT2D eigenvalue weighted by atomic mass is 10.2. The number of hydrogen-bond acceptors (Lipinski definition) is 5. The summed E-state index contributed by atoms with van der Waals surface area (Å²) in [6, 6.07) is 11.5. The molecule has 1 N–H and O–H groups in total. The second-order valence-electron chi connectivity index (χ2n) is 5.85. The standard InChI is InChI=1S/C18H18N4OS/c1-11-15(10-19)18(22-16(20-11)13-8-9-13)24-12(2)17(23)21-14-6-4-3-5-7-14/h3-7,12-13H,8-9H2,1-2H3,(H,21,23)/t12-/m0/s1. The Bertz CT molecular complexity index is 797. The average Bonchev–Trinajstić information content (AvgIpc) is 3.40. The first-order valence-electron chi connectivity index (χ1n) is 7.89. The maximum absolute atomic E-state index is 12.4. The summed E-state index contributed by atoms with van der Waals surface area (Å²) >= 11 is 1.31. The van der Waals surface area contributed by atoms with E-state index < -0.39 is 0 Å². The molecular weight excluding hydrogens is 320 g/mol. The van der Waals surface area contributed by atoms with Gasteiger partial charge in [0.2, 0.25) is 5.91 Å². The number of carbonyl (C=O) groups excluding carboxylic acids is 1. The predicted octanol–water partition coefficient (Wildman–Crippen LogP) is 3.65. The number of carbonyl (C=O) groups is 1. The molecule has 2 aromatic rings. The molecule has 0 saturated heterocycles. The number of nitrogens with one attached hydrogen (secondary N) is 1. The Balaban J connectivity index is 1.77. The van der Waals surface area contributed by atoms with Crippen molar-refractivity contribution in [2.24, 2.45) is 0 Å². The normalized spacial score (nSPS) is 14.7. The molecule has 0 unspecified atom stereocenters. The number of rotatable bonds is 5. The minimum Gasteiger partial charge on any atom is -0.325 e. The van der Waals surface area contributed by atoms with Crippen LogP contribution in [0.5, 0.6) is 0 Å². The van der Waals surface area contributed by atoms with E-state index >= 15 is 0 Å². The molecule has 1 heterocycles. The zero-order chi connectivity index (χ0) is 17.1. The summed E-state index contributed by atoms with van der Waals surface area (Å²) in [7, 11) is 0. The maximum atomic E-state index is 12.4. The Morgan fingerprint density at radius 2 is 2.04 bits per heavy atom. The molecule has 5 nitrogen and oxygen atoms in total. The molecule has 1 atom stereocenters. The number of para-hydroxylation sites is 1. The minimum absolute atomic E-state index is 0.112. The Morgan fingerprint density at radius 1 is 1.33 bits per heavy atom. The van der Waals surface area contributed by atoms with Crippen molar-refractivity contribution < 1.29 is 4.79 Å². The fraction of sp³-hybridized carbons (Fsp3) is 0.333. The summed E-state index contributed by atoms with van der Waals surface area (Å²) in [5, 5.41) is 12.5. The highest BCUT2D eigenvalue weighted by Gasteiger charge is 2.29. The van der Waals surface area contributed by atoms with E-state index in [9.17, 15) is 10.1 Å². The van der Waals surface area contributed by atoms with Crippen LogP contribution in [0.3, 0.4) is 0 Å². The molecule has 3 rings (SSSR count). The number of thioether (sulfide) groups is 1. The van der Waals surface area contributed by atoms with Crippen molar-refractivity contribution in [3.63, 3.8) is 0 Å². The Hall–Kier alpha value is -2.39. The van der Waals surface area contributed by atoms with Gasteiger partial charge in [-0.1, -0.05) is 30.0 Å². The number of nitrogens with zero attached hydrogens (tertiary/aromatic N) is 3. The molecule has 1 aromatic heterocycles. The van der Waals surface area contributed by atoms with E-state index in [1.54, 1.807) is 0 Å². The second kappa shape index (κ2) is 7.02. The number of hydrogen-bond donors (Lipinski definition) is 1. The Morgan fingerprint density at radius 3 is 2.67 bits per heavy atom. The molecule has 1 aliphatic rings. The monoisotopic (exact) mass is 338 g/mol. The van der Waals surface area contributed by atoms with E-state index in [1.807, 2.05) is 44.2 Å². The molecule has 122 valence electrons. The van der Waals surface area contributed by atoms with Crippen LogP contribution in [0.1, 0.15) is 42.8 Å². The molecule has 1 fully saturated rings. The summed E-state index contributed by atoms with van der Waals surface area (Å²) < 4.78 is 0. The van der Waals surface area contributed by atoms with Gasteiger partial charge in [0.25, 0.3) is 0 Å². The van der Waals surface area contributed by atoms with Crippen LogP contribution in [0.2, 0.25) is 0 Å². The molecule has 6 heteroatoms. The number of aromatic nitrogens is 2. The van der Waals surface area contributed by atoms with Gasteiger partial charge in [-0.3, -0.25) is 4.79 Å². The largest absolute Gasteiger partial charge is 0.325 e. The van der Waals surface area contributed by atoms with Crippen molar-refractivity contribution in [3.8, 4) is 6.07 Å². The molecule has 24 heavy (non-hydrogen) atoms. The summed E-state index contributed by atoms with van der Waals surface area (Å²) in [5.74, 6) is 1.09. The number of anilines is 1. The Labute approximate surface area is 145 Å². The maximum Gasteiger partial charge on any atom is 0.237 e. The molecule has 0 radical (unpaired) electrons. The molecular formula is C18H18N4OS. The smallest absolute Gasteiger partial charge is 0.237 e. The number of benzene rings is 1. The van der Waals surface area contributed by atoms with Gasteiger partial charge < -0.3 is 5.32 Å². The number of nitriles is 1. The van der Waals surface area contributed by atoms with Gasteiger partial charge in [-0.2, -0.15) is 5.26 Å². The van der Waals surface area contributed by atoms with E-state index in [-0.39, 0.29) is 11.2 Å². The van der Waals surface area contributed by atoms with Gasteiger partial charge in [-0.25, -0.2) is 9.97 Å². The number of aryl methyl sites for hydroxylation is 1. The average molecular weight is 338 g/mol. The van der Waals surface area contributed by atoms with Gasteiger partial charge in [0.05, 0.1) is 10.9 Å². The molecule has 1 aromatic carbocycles. The fourth-order valence-corrected chi connectivity index (χ4v) is 3.25. The number of amides is 1. The van der Waals surface area contributed by atoms with Crippen molar-refractivity contribution in [3.05, 3.63) is 47.4 Å². The predicted molar refractivity (Wildman–Crippen MR) is 93.8 cm³/mol. The second-order valence-corrected chi connectivity index (χ2v) is 7.18. The van der Waals surface area contributed by atoms with Crippen molar-refractivity contribution >= 4 is 23.4 Å². The van der Waals surface area contributed by atoms with Crippen LogP contribution in [0.4, 0.5) is 5.69 Å². The van der Waals surface area contributed by atoms with E-state index in [0.717, 1.165) is 24.4 Å². The van der Waals surface area contributed by atoms with Crippen molar-refractivity contribution in [2.45, 2.75) is 42.9 Å². The Kier molecular flexibility index (Phi) is 4.81. The van der Waals surface area contributed by atoms with Gasteiger partial charge in [-0.15, -0.1) is 0 Å². The van der Waals surface area contributed by atoms with Crippen molar-refractivity contribution in [2.75, 3.05) is 5.32 Å². The van der Waals surface area contributed by atoms with Gasteiger partial charge >= 0.3 is 0 Å². The van der Waals surface area contributed by atoms with Crippen LogP contribution >= 0.6 is 11.8 Å². The summed E-state index contributed by atoms with van der Waals surface area (Å²) in [4.78, 5) is 21.4. The molecule has 1 saturated carbocycles. The van der Waals surface area contributed by atoms with E-state index in [1.165, 1.54) is 11.8 Å². The van der Waals surface area contributed by atoms with Crippen molar-refractivity contribution in [1.82, 2.24) is 9.97 Å². The summed E-state index contributed by atoms with van der Waals surface area (Å²) in [6.45, 7) is 3.64. The summed E-state index contributed by atoms with van der Waals surface area (Å²) in [6.07, 6.45) is 2.19. The first-order chi connectivity index (χ1) is 11.6. The fourth-order valence-electron chi connectivity index (χ4n) is 2.29. The van der Waals surface area contributed by atoms with Gasteiger partial charge in [0, 0.05) is 11.6 Å². The molecule has 1 aliphatic carbocycles. The van der Waals surface area contributed by atoms with Crippen LogP contribution in [-0.4, -0.2) is 21.1 Å². The quantitative estimate of drug-likeness (QED) is 0.665. The van der Waals surface area contributed by atoms with E-state index in [4.69, 9.17) is 0 Å². The SMILES string of the molecule is Cc1nc(C2CC2)nc(S[C@@H](C)C(=O)Nc2ccccc2)c1C#N. The molecule has 1 amide bonds. The lowest BCUT2D eigenvalue weighted by molar-refractivity contribution is -0.115.